The maximum Gasteiger partial charge on any atom is 0.479 e. The van der Waals surface area contributed by atoms with Crippen LogP contribution in [0.5, 0.6) is 0 Å². The molecule has 0 saturated carbocycles. The molecule has 0 amide bonds. The Balaban J connectivity index is 1.85. The maximum absolute atomic E-state index is 13.4. The van der Waals surface area contributed by atoms with E-state index in [4.69, 9.17) is 34.7 Å². The van der Waals surface area contributed by atoms with Crippen LogP contribution in [0.25, 0.3) is 0 Å². The van der Waals surface area contributed by atoms with Gasteiger partial charge in [0.15, 0.2) is 35.5 Å². The zero-order valence-electron chi connectivity index (χ0n) is 18.5. The quantitative estimate of drug-likeness (QED) is 0.278. The number of aliphatic hydroxyl groups excluding tert-OH is 1. The molecule has 1 N–H and O–H groups in total. The molecule has 2 aliphatic heterocycles. The largest absolute Gasteiger partial charge is 0.509 e. The molecule has 2 heterocycles. The third-order valence-electron chi connectivity index (χ3n) is 5.36. The summed E-state index contributed by atoms with van der Waals surface area (Å²) in [4.78, 5) is 25.1. The van der Waals surface area contributed by atoms with Crippen molar-refractivity contribution in [2.45, 2.75) is 49.5 Å². The van der Waals surface area contributed by atoms with Crippen molar-refractivity contribution in [3.05, 3.63) is 46.6 Å². The van der Waals surface area contributed by atoms with Gasteiger partial charge in [0.1, 0.15) is 18.1 Å². The minimum atomic E-state index is -4.75. The monoisotopic (exact) mass is 540 g/mol. The first-order chi connectivity index (χ1) is 16.5. The number of alkyl halides is 3. The normalized spacial score (nSPS) is 30.2. The van der Waals surface area contributed by atoms with Gasteiger partial charge in [-0.3, -0.25) is 9.59 Å². The average molecular weight is 541 g/mol. The third-order valence-corrected chi connectivity index (χ3v) is 6.10. The molecule has 2 atom stereocenters. The predicted molar refractivity (Wildman–Crippen MR) is 119 cm³/mol. The van der Waals surface area contributed by atoms with Crippen LogP contribution in [0.3, 0.4) is 0 Å². The summed E-state index contributed by atoms with van der Waals surface area (Å²) >= 11 is 5.35. The Morgan fingerprint density at radius 2 is 2.03 bits per heavy atom. The van der Waals surface area contributed by atoms with Crippen molar-refractivity contribution in [2.75, 3.05) is 26.4 Å². The summed E-state index contributed by atoms with van der Waals surface area (Å²) in [5, 5.41) is 10.1. The van der Waals surface area contributed by atoms with Crippen LogP contribution in [-0.4, -0.2) is 60.5 Å². The molecule has 8 nitrogen and oxygen atoms in total. The van der Waals surface area contributed by atoms with E-state index in [1.165, 1.54) is 0 Å². The number of allylic oxidation sites excluding steroid dienone is 3. The van der Waals surface area contributed by atoms with Gasteiger partial charge in [0.2, 0.25) is 5.78 Å². The number of Topliss-reactive ketones (excluding diaryl/α,β-unsaturated/α-hetero) is 1. The van der Waals surface area contributed by atoms with E-state index in [0.29, 0.717) is 13.0 Å². The van der Waals surface area contributed by atoms with Crippen molar-refractivity contribution in [3.63, 3.8) is 0 Å². The number of ketones is 2. The van der Waals surface area contributed by atoms with E-state index in [0.717, 1.165) is 25.0 Å². The molecule has 0 aromatic rings. The number of rotatable bonds is 7. The van der Waals surface area contributed by atoms with Crippen LogP contribution in [-0.2, 0) is 32.7 Å². The Morgan fingerprint density at radius 1 is 1.26 bits per heavy atom. The van der Waals surface area contributed by atoms with Gasteiger partial charge in [-0.1, -0.05) is 18.2 Å². The molecule has 0 radical (unpaired) electrons. The second-order valence-corrected chi connectivity index (χ2v) is 9.08. The van der Waals surface area contributed by atoms with Crippen molar-refractivity contribution in [3.8, 4) is 0 Å². The van der Waals surface area contributed by atoms with Crippen molar-refractivity contribution >= 4 is 35.2 Å². The summed E-state index contributed by atoms with van der Waals surface area (Å²) in [7, 11) is 0. The van der Waals surface area contributed by atoms with Gasteiger partial charge in [0, 0.05) is 25.2 Å². The van der Waals surface area contributed by atoms with E-state index in [1.54, 1.807) is 0 Å². The lowest BCUT2D eigenvalue weighted by Crippen LogP contribution is -2.47. The molecule has 0 bridgehead atoms. The van der Waals surface area contributed by atoms with Crippen LogP contribution in [0.15, 0.2) is 46.6 Å². The lowest BCUT2D eigenvalue weighted by Gasteiger charge is -2.34. The van der Waals surface area contributed by atoms with Crippen LogP contribution in [0, 0.1) is 0 Å². The highest BCUT2D eigenvalue weighted by atomic mass is 35.5. The second kappa shape index (κ2) is 11.8. The SMILES string of the molecule is C=C1C(=O)[C@@]2(CCC(=O)C=C2O)OC/C(Cl)=C(OSC(F)(F)F)\C=C/1OCCOC1CCCCO1. The molecular formula is C22H24ClF3O8S. The van der Waals surface area contributed by atoms with Crippen LogP contribution >= 0.6 is 23.6 Å². The van der Waals surface area contributed by atoms with Crippen molar-refractivity contribution in [2.24, 2.45) is 0 Å². The Labute approximate surface area is 208 Å². The number of ether oxygens (including phenoxy) is 4. The Bertz CT molecular complexity index is 939. The standard InChI is InChI=1S/C22H24ClF3O8S/c1-13-16(30-8-9-32-19-4-2-3-7-31-19)11-17(34-35-22(24,25)26)15(23)12-33-21(20(13)29)6-5-14(27)10-18(21)28/h10-11,19,28H,1-9,12H2/b16-11+,17-15-/t19?,21-/m0/s1. The van der Waals surface area contributed by atoms with Gasteiger partial charge in [-0.15, -0.1) is 0 Å². The first-order valence-electron chi connectivity index (χ1n) is 10.7. The lowest BCUT2D eigenvalue weighted by molar-refractivity contribution is -0.167. The zero-order chi connectivity index (χ0) is 25.6. The predicted octanol–water partition coefficient (Wildman–Crippen LogP) is 4.76. The number of aliphatic hydroxyl groups is 1. The molecule has 1 aliphatic carbocycles. The average Bonchev–Trinajstić information content (AvgIpc) is 2.84. The fourth-order valence-corrected chi connectivity index (χ4v) is 4.10. The van der Waals surface area contributed by atoms with E-state index in [-0.39, 0.29) is 42.4 Å². The molecule has 35 heavy (non-hydrogen) atoms. The zero-order valence-corrected chi connectivity index (χ0v) is 20.1. The fourth-order valence-electron chi connectivity index (χ4n) is 3.57. The van der Waals surface area contributed by atoms with E-state index >= 15 is 0 Å². The molecule has 1 unspecified atom stereocenters. The summed E-state index contributed by atoms with van der Waals surface area (Å²) in [5.41, 5.74) is -7.07. The molecule has 3 rings (SSSR count). The molecule has 0 aromatic heterocycles. The van der Waals surface area contributed by atoms with E-state index < -0.39 is 59.1 Å². The molecule has 194 valence electrons. The maximum atomic E-state index is 13.4. The summed E-state index contributed by atoms with van der Waals surface area (Å²) in [5.74, 6) is -2.65. The van der Waals surface area contributed by atoms with E-state index in [2.05, 4.69) is 6.58 Å². The molecule has 1 fully saturated rings. The van der Waals surface area contributed by atoms with E-state index in [9.17, 15) is 27.9 Å². The van der Waals surface area contributed by atoms with Gasteiger partial charge in [0.25, 0.3) is 0 Å². The first-order valence-corrected chi connectivity index (χ1v) is 11.8. The van der Waals surface area contributed by atoms with Gasteiger partial charge in [-0.05, 0) is 25.7 Å². The highest BCUT2D eigenvalue weighted by Gasteiger charge is 2.48. The minimum absolute atomic E-state index is 0.0513. The summed E-state index contributed by atoms with van der Waals surface area (Å²) in [6.45, 7) is 3.62. The third kappa shape index (κ3) is 7.26. The molecule has 3 aliphatic rings. The fraction of sp³-hybridized carbons (Fsp3) is 0.545. The topological polar surface area (TPSA) is 101 Å². The summed E-state index contributed by atoms with van der Waals surface area (Å²) in [6.07, 6.45) is 3.72. The van der Waals surface area contributed by atoms with Crippen LogP contribution in [0.1, 0.15) is 32.1 Å². The van der Waals surface area contributed by atoms with Crippen LogP contribution < -0.4 is 0 Å². The second-order valence-electron chi connectivity index (χ2n) is 7.82. The lowest BCUT2D eigenvalue weighted by atomic mass is 9.81. The number of halogens is 4. The van der Waals surface area contributed by atoms with E-state index in [1.807, 2.05) is 0 Å². The highest BCUT2D eigenvalue weighted by Crippen LogP contribution is 2.39. The molecule has 0 aromatic carbocycles. The Morgan fingerprint density at radius 3 is 2.69 bits per heavy atom. The summed E-state index contributed by atoms with van der Waals surface area (Å²) in [6, 6.07) is 0. The van der Waals surface area contributed by atoms with Gasteiger partial charge >= 0.3 is 5.51 Å². The number of hydrogen-bond acceptors (Lipinski definition) is 9. The smallest absolute Gasteiger partial charge is 0.479 e. The van der Waals surface area contributed by atoms with Crippen molar-refractivity contribution in [1.82, 2.24) is 0 Å². The Kier molecular flexibility index (Phi) is 9.33. The molecule has 13 heteroatoms. The van der Waals surface area contributed by atoms with Crippen LogP contribution in [0.2, 0.25) is 0 Å². The number of carbonyl (C=O) groups excluding carboxylic acids is 2. The molecular weight excluding hydrogens is 517 g/mol. The minimum Gasteiger partial charge on any atom is -0.509 e. The van der Waals surface area contributed by atoms with Gasteiger partial charge in [-0.2, -0.15) is 13.2 Å². The van der Waals surface area contributed by atoms with Crippen molar-refractivity contribution < 1.29 is 51.0 Å². The van der Waals surface area contributed by atoms with Gasteiger partial charge < -0.3 is 28.2 Å². The summed E-state index contributed by atoms with van der Waals surface area (Å²) < 4.78 is 65.2. The van der Waals surface area contributed by atoms with Crippen LogP contribution in [0.4, 0.5) is 13.2 Å². The Hall–Kier alpha value is -1.99. The number of carbonyl (C=O) groups is 2. The first kappa shape index (κ1) is 27.6. The highest BCUT2D eigenvalue weighted by molar-refractivity contribution is 7.95. The molecule has 1 saturated heterocycles. The van der Waals surface area contributed by atoms with Gasteiger partial charge in [0.05, 0.1) is 23.8 Å². The molecule has 1 spiro atoms. The number of hydrogen-bond donors (Lipinski definition) is 1. The van der Waals surface area contributed by atoms with Gasteiger partial charge in [-0.25, -0.2) is 0 Å². The van der Waals surface area contributed by atoms with Crippen molar-refractivity contribution in [1.29, 1.82) is 0 Å².